The topological polar surface area (TPSA) is 9.23 Å². The average molecular weight is 465 g/mol. The van der Waals surface area contributed by atoms with Crippen LogP contribution in [0.3, 0.4) is 0 Å². The van der Waals surface area contributed by atoms with Gasteiger partial charge in [-0.2, -0.15) is 0 Å². The van der Waals surface area contributed by atoms with Crippen molar-refractivity contribution < 1.29 is 17.9 Å². The lowest BCUT2D eigenvalue weighted by Crippen LogP contribution is -2.13. The monoisotopic (exact) mass is 464 g/mol. The molecule has 0 atom stereocenters. The van der Waals surface area contributed by atoms with Crippen LogP contribution >= 0.6 is 0 Å². The minimum atomic E-state index is -0.773. The van der Waals surface area contributed by atoms with Gasteiger partial charge in [0.15, 0.2) is 11.6 Å². The minimum absolute atomic E-state index is 0.102. The first kappa shape index (κ1) is 24.1. The molecule has 0 aromatic heterocycles. The maximum absolute atomic E-state index is 15.0. The first-order chi connectivity index (χ1) is 16.5. The number of ether oxygens (including phenoxy) is 1. The molecule has 4 rings (SSSR count). The quantitative estimate of drug-likeness (QED) is 0.304. The lowest BCUT2D eigenvalue weighted by atomic mass is 9.79. The zero-order valence-electron chi connectivity index (χ0n) is 19.6. The predicted octanol–water partition coefficient (Wildman–Crippen LogP) is 8.41. The van der Waals surface area contributed by atoms with Gasteiger partial charge in [0.25, 0.3) is 0 Å². The Bertz CT molecular complexity index is 1130. The molecule has 1 aliphatic rings. The van der Waals surface area contributed by atoms with Crippen molar-refractivity contribution in [2.45, 2.75) is 51.4 Å². The van der Waals surface area contributed by atoms with Crippen molar-refractivity contribution in [3.8, 4) is 16.9 Å². The fourth-order valence-electron chi connectivity index (χ4n) is 4.78. The molecule has 1 aliphatic carbocycles. The van der Waals surface area contributed by atoms with E-state index in [1.807, 2.05) is 12.1 Å². The van der Waals surface area contributed by atoms with Crippen LogP contribution in [0.25, 0.3) is 11.1 Å². The Morgan fingerprint density at radius 1 is 0.882 bits per heavy atom. The molecule has 1 saturated carbocycles. The highest BCUT2D eigenvalue weighted by molar-refractivity contribution is 5.65. The summed E-state index contributed by atoms with van der Waals surface area (Å²) in [6, 6.07) is 15.7. The van der Waals surface area contributed by atoms with Crippen LogP contribution in [0.15, 0.2) is 67.3 Å². The molecular formula is C30H31F3O. The van der Waals surface area contributed by atoms with Crippen molar-refractivity contribution in [1.29, 1.82) is 0 Å². The summed E-state index contributed by atoms with van der Waals surface area (Å²) in [6.07, 6.45) is 6.73. The van der Waals surface area contributed by atoms with E-state index in [0.29, 0.717) is 47.8 Å². The minimum Gasteiger partial charge on any atom is -0.489 e. The Kier molecular flexibility index (Phi) is 7.77. The van der Waals surface area contributed by atoms with Crippen LogP contribution in [0.4, 0.5) is 13.2 Å². The molecule has 3 aromatic carbocycles. The molecule has 3 aromatic rings. The van der Waals surface area contributed by atoms with Crippen LogP contribution < -0.4 is 4.74 Å². The van der Waals surface area contributed by atoms with Gasteiger partial charge >= 0.3 is 0 Å². The lowest BCUT2D eigenvalue weighted by Gasteiger charge is -2.27. The molecule has 178 valence electrons. The Morgan fingerprint density at radius 3 is 2.29 bits per heavy atom. The number of hydrogen-bond donors (Lipinski definition) is 0. The third kappa shape index (κ3) is 5.55. The molecule has 0 unspecified atom stereocenters. The second-order valence-corrected chi connectivity index (χ2v) is 9.34. The highest BCUT2D eigenvalue weighted by Crippen LogP contribution is 2.38. The van der Waals surface area contributed by atoms with Gasteiger partial charge in [-0.25, -0.2) is 13.2 Å². The Labute approximate surface area is 200 Å². The number of hydrogen-bond acceptors (Lipinski definition) is 1. The second-order valence-electron chi connectivity index (χ2n) is 9.34. The third-order valence-electron chi connectivity index (χ3n) is 6.91. The summed E-state index contributed by atoms with van der Waals surface area (Å²) in [6.45, 7) is 6.13. The molecule has 0 bridgehead atoms. The molecule has 1 nitrogen and oxygen atoms in total. The van der Waals surface area contributed by atoms with Crippen LogP contribution in [0, 0.1) is 23.4 Å². The van der Waals surface area contributed by atoms with Crippen molar-refractivity contribution in [1.82, 2.24) is 0 Å². The smallest absolute Gasteiger partial charge is 0.166 e. The Balaban J connectivity index is 1.42. The molecule has 0 aliphatic heterocycles. The van der Waals surface area contributed by atoms with E-state index in [4.69, 9.17) is 4.74 Å². The van der Waals surface area contributed by atoms with Gasteiger partial charge < -0.3 is 4.74 Å². The summed E-state index contributed by atoms with van der Waals surface area (Å²) < 4.78 is 49.6. The summed E-state index contributed by atoms with van der Waals surface area (Å²) in [5.74, 6) is -0.548. The van der Waals surface area contributed by atoms with E-state index in [-0.39, 0.29) is 17.3 Å². The van der Waals surface area contributed by atoms with Gasteiger partial charge in [-0.05, 0) is 65.8 Å². The fourth-order valence-corrected chi connectivity index (χ4v) is 4.78. The van der Waals surface area contributed by atoms with E-state index in [1.54, 1.807) is 42.5 Å². The van der Waals surface area contributed by atoms with Crippen molar-refractivity contribution in [3.05, 3.63) is 101 Å². The summed E-state index contributed by atoms with van der Waals surface area (Å²) in [4.78, 5) is 0. The molecule has 1 fully saturated rings. The van der Waals surface area contributed by atoms with Crippen molar-refractivity contribution in [2.24, 2.45) is 5.92 Å². The number of rotatable bonds is 8. The van der Waals surface area contributed by atoms with Gasteiger partial charge in [0, 0.05) is 11.6 Å². The first-order valence-electron chi connectivity index (χ1n) is 12.1. The van der Waals surface area contributed by atoms with E-state index in [2.05, 4.69) is 13.5 Å². The SMILES string of the molecule is C=CCOc1ccc(CCc2ccc(-c3ccc(C4CCC(C)CC4)c(F)c3F)cc2)c(F)c1. The van der Waals surface area contributed by atoms with Gasteiger partial charge in [0.05, 0.1) is 0 Å². The molecule has 4 heteroatoms. The summed E-state index contributed by atoms with van der Waals surface area (Å²) in [5, 5.41) is 0. The van der Waals surface area contributed by atoms with Crippen LogP contribution in [-0.2, 0) is 12.8 Å². The standard InChI is InChI=1S/C30H31F3O/c1-3-18-34-25-15-14-24(28(31)19-25)13-8-21-6-11-23(12-7-21)27-17-16-26(29(32)30(27)33)22-9-4-20(2)5-10-22/h3,6-7,11-12,14-17,19-20,22H,1,4-5,8-10,13,18H2,2H3. The number of halogens is 3. The summed E-state index contributed by atoms with van der Waals surface area (Å²) in [7, 11) is 0. The fraction of sp³-hybridized carbons (Fsp3) is 0.333. The van der Waals surface area contributed by atoms with Gasteiger partial charge in [-0.15, -0.1) is 0 Å². The van der Waals surface area contributed by atoms with Crippen molar-refractivity contribution >= 4 is 0 Å². The maximum Gasteiger partial charge on any atom is 0.166 e. The molecule has 0 heterocycles. The summed E-state index contributed by atoms with van der Waals surface area (Å²) >= 11 is 0. The van der Waals surface area contributed by atoms with E-state index in [1.165, 1.54) is 6.07 Å². The Hall–Kier alpha value is -3.01. The third-order valence-corrected chi connectivity index (χ3v) is 6.91. The van der Waals surface area contributed by atoms with Crippen LogP contribution in [0.2, 0.25) is 0 Å². The van der Waals surface area contributed by atoms with E-state index in [9.17, 15) is 13.2 Å². The predicted molar refractivity (Wildman–Crippen MR) is 132 cm³/mol. The van der Waals surface area contributed by atoms with Crippen LogP contribution in [0.1, 0.15) is 55.2 Å². The normalized spacial score (nSPS) is 18.0. The van der Waals surface area contributed by atoms with Gasteiger partial charge in [-0.3, -0.25) is 0 Å². The number of benzene rings is 3. The van der Waals surface area contributed by atoms with E-state index >= 15 is 0 Å². The zero-order chi connectivity index (χ0) is 24.1. The highest BCUT2D eigenvalue weighted by Gasteiger charge is 2.25. The molecule has 0 amide bonds. The van der Waals surface area contributed by atoms with Crippen molar-refractivity contribution in [2.75, 3.05) is 6.61 Å². The van der Waals surface area contributed by atoms with Gasteiger partial charge in [-0.1, -0.05) is 74.9 Å². The van der Waals surface area contributed by atoms with Crippen LogP contribution in [0.5, 0.6) is 5.75 Å². The van der Waals surface area contributed by atoms with Crippen molar-refractivity contribution in [3.63, 3.8) is 0 Å². The molecule has 0 saturated heterocycles. The second kappa shape index (κ2) is 10.9. The zero-order valence-corrected chi connectivity index (χ0v) is 19.6. The molecule has 0 N–H and O–H groups in total. The molecule has 34 heavy (non-hydrogen) atoms. The lowest BCUT2D eigenvalue weighted by molar-refractivity contribution is 0.339. The molecule has 0 radical (unpaired) electrons. The maximum atomic E-state index is 15.0. The highest BCUT2D eigenvalue weighted by atomic mass is 19.2. The largest absolute Gasteiger partial charge is 0.489 e. The van der Waals surface area contributed by atoms with Gasteiger partial charge in [0.2, 0.25) is 0 Å². The first-order valence-corrected chi connectivity index (χ1v) is 12.1. The van der Waals surface area contributed by atoms with Crippen LogP contribution in [-0.4, -0.2) is 6.61 Å². The molecule has 0 spiro atoms. The van der Waals surface area contributed by atoms with E-state index < -0.39 is 11.6 Å². The van der Waals surface area contributed by atoms with Gasteiger partial charge in [0.1, 0.15) is 18.2 Å². The molecular weight excluding hydrogens is 433 g/mol. The summed E-state index contributed by atoms with van der Waals surface area (Å²) in [5.41, 5.74) is 3.03. The number of aryl methyl sites for hydroxylation is 2. The Morgan fingerprint density at radius 2 is 1.62 bits per heavy atom. The average Bonchev–Trinajstić information content (AvgIpc) is 2.85. The van der Waals surface area contributed by atoms with E-state index in [0.717, 1.165) is 31.2 Å².